The highest BCUT2D eigenvalue weighted by molar-refractivity contribution is 6.05. The maximum atomic E-state index is 12.3. The van der Waals surface area contributed by atoms with Gasteiger partial charge in [-0.25, -0.2) is 0 Å². The lowest BCUT2D eigenvalue weighted by atomic mass is 10.1. The monoisotopic (exact) mass is 329 g/mol. The molecule has 0 radical (unpaired) electrons. The molecule has 0 amide bonds. The number of unbranched alkanes of at least 4 members (excludes halogenated alkanes) is 2. The Hall–Kier alpha value is -2.31. The number of hydroxylamine groups is 1. The first-order valence-corrected chi connectivity index (χ1v) is 8.28. The molecule has 3 rings (SSSR count). The van der Waals surface area contributed by atoms with Crippen LogP contribution < -0.4 is 16.1 Å². The molecule has 128 valence electrons. The van der Waals surface area contributed by atoms with Gasteiger partial charge in [0.1, 0.15) is 11.8 Å². The SMILES string of the molecule is C=C(CCCCCNC1=C(Nc2ccccc2)C2OC2C1=O)NO. The van der Waals surface area contributed by atoms with E-state index in [9.17, 15) is 4.79 Å². The van der Waals surface area contributed by atoms with E-state index in [1.165, 1.54) is 0 Å². The van der Waals surface area contributed by atoms with Crippen LogP contribution in [0.5, 0.6) is 0 Å². The van der Waals surface area contributed by atoms with E-state index in [-0.39, 0.29) is 18.0 Å². The summed E-state index contributed by atoms with van der Waals surface area (Å²) < 4.78 is 5.41. The van der Waals surface area contributed by atoms with Crippen molar-refractivity contribution in [2.24, 2.45) is 0 Å². The van der Waals surface area contributed by atoms with Crippen molar-refractivity contribution in [1.82, 2.24) is 10.8 Å². The van der Waals surface area contributed by atoms with Gasteiger partial charge in [-0.15, -0.1) is 0 Å². The average Bonchev–Trinajstić information content (AvgIpc) is 3.35. The molecule has 1 heterocycles. The van der Waals surface area contributed by atoms with Crippen LogP contribution in [0.15, 0.2) is 54.0 Å². The summed E-state index contributed by atoms with van der Waals surface area (Å²) in [5, 5.41) is 15.2. The number of allylic oxidation sites excluding steroid dienone is 1. The summed E-state index contributed by atoms with van der Waals surface area (Å²) >= 11 is 0. The maximum Gasteiger partial charge on any atom is 0.212 e. The summed E-state index contributed by atoms with van der Waals surface area (Å²) in [7, 11) is 0. The molecule has 1 fully saturated rings. The van der Waals surface area contributed by atoms with E-state index in [1.54, 1.807) is 0 Å². The second-order valence-electron chi connectivity index (χ2n) is 6.07. The van der Waals surface area contributed by atoms with Crippen LogP contribution in [0.25, 0.3) is 0 Å². The van der Waals surface area contributed by atoms with E-state index >= 15 is 0 Å². The number of anilines is 1. The number of benzene rings is 1. The molecule has 1 saturated heterocycles. The molecular weight excluding hydrogens is 306 g/mol. The molecule has 6 heteroatoms. The number of hydrogen-bond acceptors (Lipinski definition) is 6. The smallest absolute Gasteiger partial charge is 0.212 e. The van der Waals surface area contributed by atoms with E-state index in [0.717, 1.165) is 43.6 Å². The van der Waals surface area contributed by atoms with Crippen molar-refractivity contribution in [2.75, 3.05) is 11.9 Å². The van der Waals surface area contributed by atoms with Crippen LogP contribution >= 0.6 is 0 Å². The maximum absolute atomic E-state index is 12.3. The number of para-hydroxylation sites is 1. The average molecular weight is 329 g/mol. The van der Waals surface area contributed by atoms with Crippen molar-refractivity contribution < 1.29 is 14.7 Å². The standard InChI is InChI=1S/C18H23N3O3/c1-12(21-23)8-4-3-7-11-19-14-15(17-18(24-17)16(14)22)20-13-9-5-2-6-10-13/h2,5-6,9-10,17-21,23H,1,3-4,7-8,11H2. The van der Waals surface area contributed by atoms with Crippen molar-refractivity contribution in [3.63, 3.8) is 0 Å². The van der Waals surface area contributed by atoms with E-state index in [2.05, 4.69) is 22.7 Å². The number of epoxide rings is 1. The lowest BCUT2D eigenvalue weighted by molar-refractivity contribution is -0.117. The summed E-state index contributed by atoms with van der Waals surface area (Å²) in [6.45, 7) is 4.41. The Labute approximate surface area is 141 Å². The van der Waals surface area contributed by atoms with Gasteiger partial charge >= 0.3 is 0 Å². The molecule has 0 saturated carbocycles. The van der Waals surface area contributed by atoms with Crippen LogP contribution in [0.4, 0.5) is 5.69 Å². The van der Waals surface area contributed by atoms with Gasteiger partial charge in [0.2, 0.25) is 5.78 Å². The second-order valence-corrected chi connectivity index (χ2v) is 6.07. The highest BCUT2D eigenvalue weighted by Gasteiger charge is 2.56. The third-order valence-corrected chi connectivity index (χ3v) is 4.22. The van der Waals surface area contributed by atoms with Gasteiger partial charge in [-0.3, -0.25) is 15.5 Å². The van der Waals surface area contributed by atoms with Crippen molar-refractivity contribution in [3.8, 4) is 0 Å². The number of hydrogen-bond donors (Lipinski definition) is 4. The molecule has 1 aromatic rings. The van der Waals surface area contributed by atoms with Crippen LogP contribution in [0.2, 0.25) is 0 Å². The largest absolute Gasteiger partial charge is 0.381 e. The Kier molecular flexibility index (Phi) is 5.17. The number of carbonyl (C=O) groups excluding carboxylic acids is 1. The summed E-state index contributed by atoms with van der Waals surface area (Å²) in [5.41, 5.74) is 5.13. The van der Waals surface area contributed by atoms with E-state index in [0.29, 0.717) is 11.4 Å². The van der Waals surface area contributed by atoms with Gasteiger partial charge in [0, 0.05) is 17.9 Å². The van der Waals surface area contributed by atoms with Gasteiger partial charge in [-0.05, 0) is 31.4 Å². The predicted octanol–water partition coefficient (Wildman–Crippen LogP) is 2.30. The highest BCUT2D eigenvalue weighted by Crippen LogP contribution is 2.39. The highest BCUT2D eigenvalue weighted by atomic mass is 16.6. The number of Topliss-reactive ketones (excluding diaryl/α,β-unsaturated/α-hetero) is 1. The minimum absolute atomic E-state index is 0.0382. The third-order valence-electron chi connectivity index (χ3n) is 4.22. The number of rotatable bonds is 10. The molecule has 0 spiro atoms. The number of ether oxygens (including phenoxy) is 1. The first-order valence-electron chi connectivity index (χ1n) is 8.28. The van der Waals surface area contributed by atoms with Gasteiger partial charge < -0.3 is 15.4 Å². The lowest BCUT2D eigenvalue weighted by Crippen LogP contribution is -2.25. The van der Waals surface area contributed by atoms with E-state index < -0.39 is 0 Å². The first kappa shape index (κ1) is 16.5. The Bertz CT molecular complexity index is 642. The zero-order valence-electron chi connectivity index (χ0n) is 13.5. The molecule has 0 aromatic heterocycles. The van der Waals surface area contributed by atoms with Gasteiger partial charge in [-0.1, -0.05) is 31.2 Å². The van der Waals surface area contributed by atoms with Crippen LogP contribution in [0, 0.1) is 0 Å². The molecule has 0 bridgehead atoms. The molecule has 2 unspecified atom stereocenters. The van der Waals surface area contributed by atoms with Crippen molar-refractivity contribution in [3.05, 3.63) is 54.0 Å². The fraction of sp³-hybridized carbons (Fsp3) is 0.389. The normalized spacial score (nSPS) is 21.5. The van der Waals surface area contributed by atoms with Crippen LogP contribution in [0.1, 0.15) is 25.7 Å². The van der Waals surface area contributed by atoms with Crippen LogP contribution in [-0.4, -0.2) is 29.7 Å². The Balaban J connectivity index is 1.50. The van der Waals surface area contributed by atoms with Crippen LogP contribution in [0.3, 0.4) is 0 Å². The van der Waals surface area contributed by atoms with Gasteiger partial charge in [0.05, 0.1) is 5.70 Å². The molecule has 1 aliphatic carbocycles. The fourth-order valence-electron chi connectivity index (χ4n) is 2.85. The van der Waals surface area contributed by atoms with E-state index in [1.807, 2.05) is 30.3 Å². The van der Waals surface area contributed by atoms with Gasteiger partial charge in [-0.2, -0.15) is 0 Å². The number of nitrogens with one attached hydrogen (secondary N) is 3. The number of fused-ring (bicyclic) bond motifs is 1. The zero-order valence-corrected chi connectivity index (χ0v) is 13.5. The van der Waals surface area contributed by atoms with Gasteiger partial charge in [0.25, 0.3) is 0 Å². The summed E-state index contributed by atoms with van der Waals surface area (Å²) in [5.74, 6) is 0.0382. The molecule has 6 nitrogen and oxygen atoms in total. The van der Waals surface area contributed by atoms with E-state index in [4.69, 9.17) is 9.94 Å². The fourth-order valence-corrected chi connectivity index (χ4v) is 2.85. The van der Waals surface area contributed by atoms with Gasteiger partial charge in [0.15, 0.2) is 6.10 Å². The Morgan fingerprint density at radius 2 is 1.96 bits per heavy atom. The molecule has 2 aliphatic rings. The van der Waals surface area contributed by atoms with Crippen molar-refractivity contribution >= 4 is 11.5 Å². The zero-order chi connectivity index (χ0) is 16.9. The van der Waals surface area contributed by atoms with Crippen molar-refractivity contribution in [1.29, 1.82) is 0 Å². The summed E-state index contributed by atoms with van der Waals surface area (Å²) in [6, 6.07) is 9.79. The number of carbonyl (C=O) groups is 1. The summed E-state index contributed by atoms with van der Waals surface area (Å²) in [4.78, 5) is 12.3. The molecule has 1 aromatic carbocycles. The molecule has 4 N–H and O–H groups in total. The molecule has 24 heavy (non-hydrogen) atoms. The van der Waals surface area contributed by atoms with Crippen molar-refractivity contribution in [2.45, 2.75) is 37.9 Å². The molecule has 1 aliphatic heterocycles. The second kappa shape index (κ2) is 7.51. The minimum Gasteiger partial charge on any atom is -0.381 e. The first-order chi connectivity index (χ1) is 11.7. The third kappa shape index (κ3) is 3.77. The Morgan fingerprint density at radius 1 is 1.17 bits per heavy atom. The predicted molar refractivity (Wildman–Crippen MR) is 91.3 cm³/mol. The minimum atomic E-state index is -0.308. The quantitative estimate of drug-likeness (QED) is 0.299. The van der Waals surface area contributed by atoms with Crippen LogP contribution in [-0.2, 0) is 9.53 Å². The molecular formula is C18H23N3O3. The molecule has 2 atom stereocenters. The lowest BCUT2D eigenvalue weighted by Gasteiger charge is -2.13. The summed E-state index contributed by atoms with van der Waals surface area (Å²) in [6.07, 6.45) is 3.21. The number of ketones is 1. The topological polar surface area (TPSA) is 85.9 Å². The Morgan fingerprint density at radius 3 is 2.71 bits per heavy atom.